The van der Waals surface area contributed by atoms with Crippen molar-refractivity contribution in [1.29, 1.82) is 0 Å². The maximum Gasteiger partial charge on any atom is 0.289 e. The van der Waals surface area contributed by atoms with Gasteiger partial charge in [-0.25, -0.2) is 0 Å². The number of rotatable bonds is 12. The summed E-state index contributed by atoms with van der Waals surface area (Å²) in [6, 6.07) is 5.00. The van der Waals surface area contributed by atoms with Gasteiger partial charge >= 0.3 is 0 Å². The van der Waals surface area contributed by atoms with Crippen LogP contribution in [0.1, 0.15) is 94.0 Å². The summed E-state index contributed by atoms with van der Waals surface area (Å²) in [5.41, 5.74) is 1.06. The molecule has 44 heavy (non-hydrogen) atoms. The maximum atomic E-state index is 13.9. The summed E-state index contributed by atoms with van der Waals surface area (Å²) in [6.07, 6.45) is 10.9. The molecule has 11 nitrogen and oxygen atoms in total. The van der Waals surface area contributed by atoms with Gasteiger partial charge in [-0.05, 0) is 62.3 Å². The van der Waals surface area contributed by atoms with Crippen LogP contribution in [-0.4, -0.2) is 66.2 Å². The first-order valence-electron chi connectivity index (χ1n) is 16.2. The van der Waals surface area contributed by atoms with Crippen molar-refractivity contribution in [2.24, 2.45) is 11.8 Å². The van der Waals surface area contributed by atoms with Crippen molar-refractivity contribution in [3.05, 3.63) is 30.0 Å². The zero-order valence-corrected chi connectivity index (χ0v) is 25.5. The Morgan fingerprint density at radius 2 is 1.61 bits per heavy atom. The second-order valence-electron chi connectivity index (χ2n) is 12.6. The Morgan fingerprint density at radius 1 is 0.886 bits per heavy atom. The number of nitrogens with one attached hydrogen (secondary N) is 5. The lowest BCUT2D eigenvalue weighted by atomic mass is 9.84. The van der Waals surface area contributed by atoms with E-state index < -0.39 is 41.5 Å². The summed E-state index contributed by atoms with van der Waals surface area (Å²) in [5, 5.41) is 12.1. The highest BCUT2D eigenvalue weighted by molar-refractivity contribution is 6.38. The van der Waals surface area contributed by atoms with Gasteiger partial charge < -0.3 is 31.0 Å². The van der Waals surface area contributed by atoms with Gasteiger partial charge in [0, 0.05) is 29.4 Å². The highest BCUT2D eigenvalue weighted by Crippen LogP contribution is 2.28. The SMILES string of the molecule is COc1ccc2[nH]c(C(=O)N[C@@H](CC3CCCCC3)C(=O)N[C@@H](C[C@@H]3CCNC3=O)C(=O)C(=O)NC3CCCCC3)cc2c1. The van der Waals surface area contributed by atoms with Crippen LogP contribution in [0.5, 0.6) is 5.75 Å². The Labute approximate surface area is 258 Å². The third-order valence-corrected chi connectivity index (χ3v) is 9.47. The zero-order valence-electron chi connectivity index (χ0n) is 25.5. The molecule has 0 unspecified atom stereocenters. The molecule has 3 fully saturated rings. The van der Waals surface area contributed by atoms with E-state index >= 15 is 0 Å². The highest BCUT2D eigenvalue weighted by atomic mass is 16.5. The quantitative estimate of drug-likeness (QED) is 0.233. The van der Waals surface area contributed by atoms with Gasteiger partial charge in [-0.15, -0.1) is 0 Å². The molecule has 0 bridgehead atoms. The molecule has 1 saturated heterocycles. The van der Waals surface area contributed by atoms with Crippen molar-refractivity contribution in [1.82, 2.24) is 26.3 Å². The van der Waals surface area contributed by atoms with Crippen molar-refractivity contribution in [2.75, 3.05) is 13.7 Å². The Hall–Kier alpha value is -3.89. The second-order valence-corrected chi connectivity index (χ2v) is 12.6. The summed E-state index contributed by atoms with van der Waals surface area (Å²) in [4.78, 5) is 69.4. The van der Waals surface area contributed by atoms with Crippen molar-refractivity contribution in [3.8, 4) is 5.75 Å². The van der Waals surface area contributed by atoms with E-state index in [1.54, 1.807) is 19.2 Å². The van der Waals surface area contributed by atoms with Crippen molar-refractivity contribution < 1.29 is 28.7 Å². The number of benzene rings is 1. The first kappa shape index (κ1) is 31.5. The summed E-state index contributed by atoms with van der Waals surface area (Å²) >= 11 is 0. The molecule has 2 aliphatic carbocycles. The molecule has 5 rings (SSSR count). The van der Waals surface area contributed by atoms with Gasteiger partial charge in [0.05, 0.1) is 13.2 Å². The normalized spacial score (nSPS) is 20.8. The molecule has 11 heteroatoms. The number of hydrogen-bond acceptors (Lipinski definition) is 6. The van der Waals surface area contributed by atoms with E-state index in [1.165, 1.54) is 0 Å². The van der Waals surface area contributed by atoms with Crippen molar-refractivity contribution in [3.63, 3.8) is 0 Å². The van der Waals surface area contributed by atoms with Gasteiger partial charge in [0.1, 0.15) is 17.5 Å². The number of amides is 4. The molecular weight excluding hydrogens is 562 g/mol. The number of hydrogen-bond donors (Lipinski definition) is 5. The minimum Gasteiger partial charge on any atom is -0.497 e. The van der Waals surface area contributed by atoms with E-state index in [1.807, 2.05) is 12.1 Å². The fourth-order valence-corrected chi connectivity index (χ4v) is 6.90. The number of aromatic amines is 1. The lowest BCUT2D eigenvalue weighted by Gasteiger charge is -2.28. The molecule has 3 atom stereocenters. The molecule has 2 saturated carbocycles. The average Bonchev–Trinajstić information content (AvgIpc) is 3.66. The number of Topliss-reactive ketones (excluding diaryl/α,β-unsaturated/α-hetero) is 1. The van der Waals surface area contributed by atoms with Gasteiger partial charge in [0.25, 0.3) is 11.8 Å². The number of ketones is 1. The molecule has 1 aliphatic heterocycles. The van der Waals surface area contributed by atoms with E-state index in [0.717, 1.165) is 75.1 Å². The van der Waals surface area contributed by atoms with Gasteiger partial charge in [-0.3, -0.25) is 24.0 Å². The molecule has 5 N–H and O–H groups in total. The molecule has 2 aromatic rings. The third kappa shape index (κ3) is 7.98. The minimum absolute atomic E-state index is 0.0302. The predicted octanol–water partition coefficient (Wildman–Crippen LogP) is 3.27. The van der Waals surface area contributed by atoms with Crippen molar-refractivity contribution >= 4 is 40.3 Å². The van der Waals surface area contributed by atoms with Gasteiger partial charge in [-0.1, -0.05) is 51.4 Å². The lowest BCUT2D eigenvalue weighted by Crippen LogP contribution is -2.55. The van der Waals surface area contributed by atoms with E-state index in [-0.39, 0.29) is 24.3 Å². The standard InChI is InChI=1S/C33H45N5O6/c1-44-24-12-13-25-22(17-24)19-28(36-25)32(42)38-27(16-20-8-4-2-5-9-20)31(41)37-26(18-21-14-15-34-30(21)40)29(39)33(43)35-23-10-6-3-7-11-23/h12-13,17,19-21,23,26-27,36H,2-11,14-16,18H2,1H3,(H,34,40)(H,35,43)(H,37,41)(H,38,42)/t21-,26-,27-/m0/s1. The van der Waals surface area contributed by atoms with Crippen LogP contribution in [0.25, 0.3) is 10.9 Å². The van der Waals surface area contributed by atoms with E-state index in [0.29, 0.717) is 30.8 Å². The van der Waals surface area contributed by atoms with Gasteiger partial charge in [-0.2, -0.15) is 0 Å². The Bertz CT molecular complexity index is 1360. The van der Waals surface area contributed by atoms with Crippen LogP contribution < -0.4 is 26.0 Å². The highest BCUT2D eigenvalue weighted by Gasteiger charge is 2.37. The van der Waals surface area contributed by atoms with Crippen LogP contribution in [0.3, 0.4) is 0 Å². The van der Waals surface area contributed by atoms with Crippen LogP contribution in [0.15, 0.2) is 24.3 Å². The predicted molar refractivity (Wildman–Crippen MR) is 165 cm³/mol. The summed E-state index contributed by atoms with van der Waals surface area (Å²) in [7, 11) is 1.58. The van der Waals surface area contributed by atoms with Crippen LogP contribution in [-0.2, 0) is 19.2 Å². The molecular formula is C33H45N5O6. The number of ether oxygens (including phenoxy) is 1. The minimum atomic E-state index is -1.17. The van der Waals surface area contributed by atoms with E-state index in [4.69, 9.17) is 4.74 Å². The number of carbonyl (C=O) groups is 5. The van der Waals surface area contributed by atoms with Crippen molar-refractivity contribution in [2.45, 2.75) is 102 Å². The molecule has 238 valence electrons. The fourth-order valence-electron chi connectivity index (χ4n) is 6.90. The molecule has 1 aromatic carbocycles. The van der Waals surface area contributed by atoms with Gasteiger partial charge in [0.2, 0.25) is 17.6 Å². The molecule has 0 spiro atoms. The second kappa shape index (κ2) is 14.7. The van der Waals surface area contributed by atoms with Crippen LogP contribution in [0, 0.1) is 11.8 Å². The number of H-pyrrole nitrogens is 1. The fraction of sp³-hybridized carbons (Fsp3) is 0.606. The lowest BCUT2D eigenvalue weighted by molar-refractivity contribution is -0.141. The zero-order chi connectivity index (χ0) is 31.1. The summed E-state index contributed by atoms with van der Waals surface area (Å²) in [6.45, 7) is 0.489. The van der Waals surface area contributed by atoms with Crippen LogP contribution >= 0.6 is 0 Å². The van der Waals surface area contributed by atoms with E-state index in [9.17, 15) is 24.0 Å². The first-order valence-corrected chi connectivity index (χ1v) is 16.2. The number of carbonyl (C=O) groups excluding carboxylic acids is 5. The van der Waals surface area contributed by atoms with Crippen LogP contribution in [0.2, 0.25) is 0 Å². The summed E-state index contributed by atoms with van der Waals surface area (Å²) in [5.74, 6) is -2.21. The Morgan fingerprint density at radius 3 is 2.30 bits per heavy atom. The number of methoxy groups -OCH3 is 1. The monoisotopic (exact) mass is 607 g/mol. The third-order valence-electron chi connectivity index (χ3n) is 9.47. The van der Waals surface area contributed by atoms with Gasteiger partial charge in [0.15, 0.2) is 0 Å². The molecule has 2 heterocycles. The smallest absolute Gasteiger partial charge is 0.289 e. The number of fused-ring (bicyclic) bond motifs is 1. The number of aromatic nitrogens is 1. The largest absolute Gasteiger partial charge is 0.497 e. The summed E-state index contributed by atoms with van der Waals surface area (Å²) < 4.78 is 5.29. The molecule has 4 amide bonds. The molecule has 0 radical (unpaired) electrons. The average molecular weight is 608 g/mol. The first-order chi connectivity index (χ1) is 21.3. The van der Waals surface area contributed by atoms with Crippen LogP contribution in [0.4, 0.5) is 0 Å². The Kier molecular flexibility index (Phi) is 10.6. The maximum absolute atomic E-state index is 13.9. The molecule has 1 aromatic heterocycles. The molecule has 3 aliphatic rings. The Balaban J connectivity index is 1.33. The topological polar surface area (TPSA) is 158 Å². The van der Waals surface area contributed by atoms with E-state index in [2.05, 4.69) is 26.3 Å².